The third kappa shape index (κ3) is 3.18. The summed E-state index contributed by atoms with van der Waals surface area (Å²) in [6.45, 7) is 4.76. The van der Waals surface area contributed by atoms with E-state index in [9.17, 15) is 9.59 Å². The highest BCUT2D eigenvalue weighted by molar-refractivity contribution is 7.10. The van der Waals surface area contributed by atoms with Crippen LogP contribution >= 0.6 is 11.5 Å². The van der Waals surface area contributed by atoms with Crippen molar-refractivity contribution in [1.29, 1.82) is 0 Å². The number of nitrogens with zero attached hydrogens (tertiary/aromatic N) is 3. The number of rotatable bonds is 3. The predicted molar refractivity (Wildman–Crippen MR) is 87.9 cm³/mol. The summed E-state index contributed by atoms with van der Waals surface area (Å²) in [7, 11) is 1.79. The van der Waals surface area contributed by atoms with Crippen molar-refractivity contribution in [3.8, 4) is 0 Å². The van der Waals surface area contributed by atoms with Crippen molar-refractivity contribution in [2.75, 3.05) is 45.2 Å². The van der Waals surface area contributed by atoms with Crippen LogP contribution in [-0.4, -0.2) is 71.9 Å². The van der Waals surface area contributed by atoms with Gasteiger partial charge in [-0.15, -0.1) is 0 Å². The molecule has 1 atom stereocenters. The number of hydrogen-bond acceptors (Lipinski definition) is 6. The monoisotopic (exact) mass is 338 g/mol. The maximum Gasteiger partial charge on any atom is 0.258 e. The van der Waals surface area contributed by atoms with E-state index in [-0.39, 0.29) is 17.9 Å². The number of carbonyl (C=O) groups is 2. The standard InChI is InChI=1S/C15H22N4O3S/c1-10-12(13(16-2)23-17-10)15(21)19-7-5-18(6-8-19)14(20)11-4-3-9-22-11/h11,16H,3-9H2,1-2H3. The predicted octanol–water partition coefficient (Wildman–Crippen LogP) is 0.957. The summed E-state index contributed by atoms with van der Waals surface area (Å²) in [5, 5.41) is 3.82. The Kier molecular flexibility index (Phi) is 4.82. The molecule has 0 spiro atoms. The van der Waals surface area contributed by atoms with Gasteiger partial charge in [0.1, 0.15) is 11.1 Å². The summed E-state index contributed by atoms with van der Waals surface area (Å²) in [5.74, 6) is 0.0590. The molecule has 0 saturated carbocycles. The fourth-order valence-electron chi connectivity index (χ4n) is 3.06. The van der Waals surface area contributed by atoms with Crippen LogP contribution in [0.15, 0.2) is 0 Å². The van der Waals surface area contributed by atoms with E-state index in [0.29, 0.717) is 38.3 Å². The first-order chi connectivity index (χ1) is 11.1. The number of ether oxygens (including phenoxy) is 1. The molecular weight excluding hydrogens is 316 g/mol. The van der Waals surface area contributed by atoms with Gasteiger partial charge in [0.05, 0.1) is 11.3 Å². The van der Waals surface area contributed by atoms with Gasteiger partial charge in [0.25, 0.3) is 11.8 Å². The maximum atomic E-state index is 12.7. The fraction of sp³-hybridized carbons (Fsp3) is 0.667. The summed E-state index contributed by atoms with van der Waals surface area (Å²) in [4.78, 5) is 28.7. The lowest BCUT2D eigenvalue weighted by atomic mass is 10.1. The molecule has 1 aromatic heterocycles. The molecule has 2 saturated heterocycles. The smallest absolute Gasteiger partial charge is 0.258 e. The van der Waals surface area contributed by atoms with Crippen molar-refractivity contribution >= 4 is 28.3 Å². The van der Waals surface area contributed by atoms with Crippen LogP contribution < -0.4 is 5.32 Å². The number of anilines is 1. The molecule has 0 radical (unpaired) electrons. The molecule has 2 amide bonds. The van der Waals surface area contributed by atoms with Crippen LogP contribution in [-0.2, 0) is 9.53 Å². The fourth-order valence-corrected chi connectivity index (χ4v) is 3.79. The number of nitrogens with one attached hydrogen (secondary N) is 1. The van der Waals surface area contributed by atoms with Crippen molar-refractivity contribution in [1.82, 2.24) is 14.2 Å². The summed E-state index contributed by atoms with van der Waals surface area (Å²) < 4.78 is 9.71. The Morgan fingerprint density at radius 1 is 1.26 bits per heavy atom. The molecule has 1 aromatic rings. The van der Waals surface area contributed by atoms with Crippen LogP contribution in [0.25, 0.3) is 0 Å². The third-order valence-corrected chi connectivity index (χ3v) is 5.34. The van der Waals surface area contributed by atoms with Gasteiger partial charge in [0, 0.05) is 39.8 Å². The van der Waals surface area contributed by atoms with E-state index in [1.165, 1.54) is 11.5 Å². The summed E-state index contributed by atoms with van der Waals surface area (Å²) in [6.07, 6.45) is 1.48. The molecule has 2 fully saturated rings. The Balaban J connectivity index is 1.61. The zero-order valence-electron chi connectivity index (χ0n) is 13.5. The van der Waals surface area contributed by atoms with Crippen molar-refractivity contribution in [2.24, 2.45) is 0 Å². The quantitative estimate of drug-likeness (QED) is 0.888. The molecule has 7 nitrogen and oxygen atoms in total. The molecule has 1 unspecified atom stereocenters. The van der Waals surface area contributed by atoms with Crippen LogP contribution in [0.3, 0.4) is 0 Å². The summed E-state index contributed by atoms with van der Waals surface area (Å²) >= 11 is 1.30. The van der Waals surface area contributed by atoms with Gasteiger partial charge in [-0.05, 0) is 31.3 Å². The zero-order valence-corrected chi connectivity index (χ0v) is 14.3. The lowest BCUT2D eigenvalue weighted by Gasteiger charge is -2.35. The van der Waals surface area contributed by atoms with Gasteiger partial charge in [0.2, 0.25) is 0 Å². The second-order valence-corrected chi connectivity index (χ2v) is 6.61. The maximum absolute atomic E-state index is 12.7. The van der Waals surface area contributed by atoms with Gasteiger partial charge in [-0.25, -0.2) is 0 Å². The number of amides is 2. The van der Waals surface area contributed by atoms with E-state index in [4.69, 9.17) is 4.74 Å². The molecule has 1 N–H and O–H groups in total. The molecule has 8 heteroatoms. The van der Waals surface area contributed by atoms with E-state index in [1.807, 2.05) is 11.8 Å². The second kappa shape index (κ2) is 6.84. The average Bonchev–Trinajstić information content (AvgIpc) is 3.23. The molecule has 0 bridgehead atoms. The highest BCUT2D eigenvalue weighted by Crippen LogP contribution is 2.26. The Hall–Kier alpha value is -1.67. The van der Waals surface area contributed by atoms with Gasteiger partial charge in [0.15, 0.2) is 0 Å². The van der Waals surface area contributed by atoms with E-state index in [2.05, 4.69) is 9.69 Å². The van der Waals surface area contributed by atoms with Crippen molar-refractivity contribution < 1.29 is 14.3 Å². The van der Waals surface area contributed by atoms with Gasteiger partial charge >= 0.3 is 0 Å². The molecule has 2 aliphatic heterocycles. The first-order valence-electron chi connectivity index (χ1n) is 7.95. The minimum atomic E-state index is -0.281. The summed E-state index contributed by atoms with van der Waals surface area (Å²) in [6, 6.07) is 0. The number of carbonyl (C=O) groups excluding carboxylic acids is 2. The van der Waals surface area contributed by atoms with E-state index < -0.39 is 0 Å². The van der Waals surface area contributed by atoms with Crippen molar-refractivity contribution in [2.45, 2.75) is 25.9 Å². The number of aromatic nitrogens is 1. The van der Waals surface area contributed by atoms with E-state index >= 15 is 0 Å². The second-order valence-electron chi connectivity index (χ2n) is 5.84. The first-order valence-corrected chi connectivity index (χ1v) is 8.73. The highest BCUT2D eigenvalue weighted by atomic mass is 32.1. The van der Waals surface area contributed by atoms with Crippen LogP contribution in [0.2, 0.25) is 0 Å². The lowest BCUT2D eigenvalue weighted by molar-refractivity contribution is -0.142. The minimum absolute atomic E-state index is 0.00943. The molecule has 3 rings (SSSR count). The zero-order chi connectivity index (χ0) is 16.4. The molecule has 0 aromatic carbocycles. The molecular formula is C15H22N4O3S. The van der Waals surface area contributed by atoms with Crippen LogP contribution in [0.1, 0.15) is 28.9 Å². The lowest BCUT2D eigenvalue weighted by Crippen LogP contribution is -2.52. The van der Waals surface area contributed by atoms with E-state index in [1.54, 1.807) is 11.9 Å². The first kappa shape index (κ1) is 16.2. The van der Waals surface area contributed by atoms with Gasteiger partial charge in [-0.3, -0.25) is 9.59 Å². The topological polar surface area (TPSA) is 74.8 Å². The van der Waals surface area contributed by atoms with Crippen LogP contribution in [0.4, 0.5) is 5.00 Å². The average molecular weight is 338 g/mol. The highest BCUT2D eigenvalue weighted by Gasteiger charge is 2.32. The Morgan fingerprint density at radius 3 is 2.57 bits per heavy atom. The number of hydrogen-bond donors (Lipinski definition) is 1. The van der Waals surface area contributed by atoms with Gasteiger partial charge in [-0.2, -0.15) is 4.37 Å². The van der Waals surface area contributed by atoms with Gasteiger partial charge < -0.3 is 19.9 Å². The Bertz CT molecular complexity index is 590. The molecule has 3 heterocycles. The summed E-state index contributed by atoms with van der Waals surface area (Å²) in [5.41, 5.74) is 1.40. The normalized spacial score (nSPS) is 21.6. The van der Waals surface area contributed by atoms with Crippen LogP contribution in [0.5, 0.6) is 0 Å². The van der Waals surface area contributed by atoms with E-state index in [0.717, 1.165) is 23.5 Å². The van der Waals surface area contributed by atoms with Gasteiger partial charge in [-0.1, -0.05) is 0 Å². The number of piperazine rings is 1. The van der Waals surface area contributed by atoms with Crippen LogP contribution in [0, 0.1) is 6.92 Å². The Labute approximate surface area is 139 Å². The minimum Gasteiger partial charge on any atom is -0.378 e. The van der Waals surface area contributed by atoms with Crippen molar-refractivity contribution in [3.63, 3.8) is 0 Å². The van der Waals surface area contributed by atoms with Crippen molar-refractivity contribution in [3.05, 3.63) is 11.3 Å². The molecule has 2 aliphatic rings. The number of aryl methyl sites for hydroxylation is 1. The third-order valence-electron chi connectivity index (χ3n) is 4.39. The molecule has 126 valence electrons. The largest absolute Gasteiger partial charge is 0.378 e. The Morgan fingerprint density at radius 2 is 1.96 bits per heavy atom. The molecule has 23 heavy (non-hydrogen) atoms. The SMILES string of the molecule is CNc1snc(C)c1C(=O)N1CCN(C(=O)C2CCCO2)CC1. The molecule has 0 aliphatic carbocycles.